The third kappa shape index (κ3) is 4.84. The number of carbonyl (C=O) groups is 1. The maximum Gasteiger partial charge on any atom is 0.311 e. The van der Waals surface area contributed by atoms with E-state index in [0.29, 0.717) is 23.4 Å². The number of benzene rings is 1. The first-order chi connectivity index (χ1) is 14.5. The van der Waals surface area contributed by atoms with E-state index in [0.717, 1.165) is 13.0 Å². The van der Waals surface area contributed by atoms with Crippen molar-refractivity contribution in [2.45, 2.75) is 6.42 Å². The lowest BCUT2D eigenvalue weighted by atomic mass is 10.0. The molecule has 0 aliphatic heterocycles. The zero-order chi connectivity index (χ0) is 21.5. The van der Waals surface area contributed by atoms with Crippen LogP contribution in [-0.2, 0) is 0 Å². The highest BCUT2D eigenvalue weighted by Gasteiger charge is 2.25. The third-order valence-electron chi connectivity index (χ3n) is 4.59. The van der Waals surface area contributed by atoms with Crippen molar-refractivity contribution in [1.82, 2.24) is 14.9 Å². The summed E-state index contributed by atoms with van der Waals surface area (Å²) in [7, 11) is 3.93. The van der Waals surface area contributed by atoms with E-state index in [1.807, 2.05) is 25.1 Å². The first-order valence-corrected chi connectivity index (χ1v) is 9.54. The van der Waals surface area contributed by atoms with Crippen molar-refractivity contribution in [1.29, 1.82) is 0 Å². The number of carbonyl (C=O) groups excluding carboxylic acids is 1. The fourth-order valence-corrected chi connectivity index (χ4v) is 3.18. The average Bonchev–Trinajstić information content (AvgIpc) is 2.77. The van der Waals surface area contributed by atoms with Crippen molar-refractivity contribution in [2.24, 2.45) is 0 Å². The van der Waals surface area contributed by atoms with E-state index in [1.165, 1.54) is 18.3 Å². The second kappa shape index (κ2) is 9.71. The molecule has 0 bridgehead atoms. The van der Waals surface area contributed by atoms with Gasteiger partial charge in [-0.2, -0.15) is 0 Å². The van der Waals surface area contributed by atoms with Crippen molar-refractivity contribution >= 4 is 23.0 Å². The molecular weight excluding hydrogens is 382 g/mol. The lowest BCUT2D eigenvalue weighted by Gasteiger charge is -2.26. The van der Waals surface area contributed by atoms with E-state index < -0.39 is 4.92 Å². The van der Waals surface area contributed by atoms with Crippen LogP contribution in [0.4, 0.5) is 17.2 Å². The second-order valence-corrected chi connectivity index (χ2v) is 6.99. The van der Waals surface area contributed by atoms with Crippen LogP contribution in [0.2, 0.25) is 0 Å². The lowest BCUT2D eigenvalue weighted by molar-refractivity contribution is -0.384. The molecule has 30 heavy (non-hydrogen) atoms. The summed E-state index contributed by atoms with van der Waals surface area (Å²) in [4.78, 5) is 36.4. The van der Waals surface area contributed by atoms with Gasteiger partial charge in [-0.25, -0.2) is 4.98 Å². The van der Waals surface area contributed by atoms with E-state index in [9.17, 15) is 14.9 Å². The minimum absolute atomic E-state index is 0.103. The predicted octanol–water partition coefficient (Wildman–Crippen LogP) is 3.71. The number of hydrogen-bond donors (Lipinski definition) is 0. The first kappa shape index (κ1) is 21.1. The van der Waals surface area contributed by atoms with Gasteiger partial charge in [0.05, 0.1) is 10.6 Å². The normalized spacial score (nSPS) is 10.8. The Morgan fingerprint density at radius 3 is 2.43 bits per heavy atom. The fourth-order valence-electron chi connectivity index (χ4n) is 3.18. The summed E-state index contributed by atoms with van der Waals surface area (Å²) < 4.78 is 0. The number of rotatable bonds is 9. The van der Waals surface area contributed by atoms with E-state index in [2.05, 4.69) is 9.97 Å². The molecule has 8 heteroatoms. The number of anilines is 2. The molecule has 0 fully saturated rings. The molecule has 0 atom stereocenters. The van der Waals surface area contributed by atoms with E-state index in [-0.39, 0.29) is 17.3 Å². The van der Waals surface area contributed by atoms with Gasteiger partial charge in [0.25, 0.3) is 0 Å². The molecule has 3 rings (SSSR count). The minimum Gasteiger partial charge on any atom is -0.320 e. The number of nitro groups is 1. The van der Waals surface area contributed by atoms with Gasteiger partial charge in [-0.15, -0.1) is 0 Å². The molecule has 2 aromatic heterocycles. The average molecular weight is 405 g/mol. The van der Waals surface area contributed by atoms with Crippen molar-refractivity contribution in [3.63, 3.8) is 0 Å². The van der Waals surface area contributed by atoms with Gasteiger partial charge in [-0.05, 0) is 57.4 Å². The molecule has 0 spiro atoms. The van der Waals surface area contributed by atoms with Crippen molar-refractivity contribution < 1.29 is 9.72 Å². The summed E-state index contributed by atoms with van der Waals surface area (Å²) in [5, 5.41) is 11.6. The van der Waals surface area contributed by atoms with E-state index >= 15 is 0 Å². The summed E-state index contributed by atoms with van der Waals surface area (Å²) in [6, 6.07) is 13.4. The number of para-hydroxylation sites is 1. The molecule has 0 aliphatic carbocycles. The number of aromatic nitrogens is 2. The Hall–Kier alpha value is -3.65. The van der Waals surface area contributed by atoms with Crippen LogP contribution in [0.15, 0.2) is 67.1 Å². The number of pyridine rings is 2. The van der Waals surface area contributed by atoms with Gasteiger partial charge in [-0.1, -0.05) is 12.1 Å². The minimum atomic E-state index is -0.450. The van der Waals surface area contributed by atoms with Crippen LogP contribution in [0, 0.1) is 10.1 Å². The van der Waals surface area contributed by atoms with Crippen molar-refractivity contribution in [2.75, 3.05) is 32.1 Å². The number of ketones is 1. The van der Waals surface area contributed by atoms with Gasteiger partial charge in [0.2, 0.25) is 5.82 Å². The topological polar surface area (TPSA) is 92.5 Å². The van der Waals surface area contributed by atoms with Gasteiger partial charge in [0.15, 0.2) is 5.78 Å². The van der Waals surface area contributed by atoms with Crippen LogP contribution < -0.4 is 4.90 Å². The number of nitrogens with zero attached hydrogens (tertiary/aromatic N) is 5. The Morgan fingerprint density at radius 1 is 1.00 bits per heavy atom. The molecule has 8 nitrogen and oxygen atoms in total. The molecule has 0 amide bonds. The van der Waals surface area contributed by atoms with Crippen LogP contribution in [0.3, 0.4) is 0 Å². The SMILES string of the molecule is CN(C)CCCN(c1ccccc1C(=O)c1ccncc1)c1ncccc1[N+](=O)[O-]. The monoisotopic (exact) mass is 405 g/mol. The number of hydrogen-bond acceptors (Lipinski definition) is 7. The maximum absolute atomic E-state index is 13.2. The Morgan fingerprint density at radius 2 is 1.73 bits per heavy atom. The van der Waals surface area contributed by atoms with Gasteiger partial charge in [0.1, 0.15) is 0 Å². The van der Waals surface area contributed by atoms with Gasteiger partial charge < -0.3 is 9.80 Å². The van der Waals surface area contributed by atoms with E-state index in [4.69, 9.17) is 0 Å². The molecule has 0 unspecified atom stereocenters. The Balaban J connectivity index is 2.09. The highest BCUT2D eigenvalue weighted by Crippen LogP contribution is 2.34. The predicted molar refractivity (Wildman–Crippen MR) is 115 cm³/mol. The zero-order valence-electron chi connectivity index (χ0n) is 16.9. The van der Waals surface area contributed by atoms with Crippen LogP contribution >= 0.6 is 0 Å². The van der Waals surface area contributed by atoms with Crippen molar-refractivity contribution in [3.05, 3.63) is 88.4 Å². The van der Waals surface area contributed by atoms with Gasteiger partial charge >= 0.3 is 5.69 Å². The molecule has 2 heterocycles. The van der Waals surface area contributed by atoms with Crippen molar-refractivity contribution in [3.8, 4) is 0 Å². The molecule has 1 aromatic carbocycles. The van der Waals surface area contributed by atoms with Crippen LogP contribution in [-0.4, -0.2) is 52.8 Å². The molecule has 0 radical (unpaired) electrons. The molecule has 0 saturated heterocycles. The lowest BCUT2D eigenvalue weighted by Crippen LogP contribution is -2.26. The molecule has 0 saturated carbocycles. The highest BCUT2D eigenvalue weighted by molar-refractivity contribution is 6.12. The van der Waals surface area contributed by atoms with Crippen LogP contribution in [0.5, 0.6) is 0 Å². The third-order valence-corrected chi connectivity index (χ3v) is 4.59. The summed E-state index contributed by atoms with van der Waals surface area (Å²) in [6.07, 6.45) is 5.38. The first-order valence-electron chi connectivity index (χ1n) is 9.54. The Labute approximate surface area is 175 Å². The zero-order valence-corrected chi connectivity index (χ0v) is 16.9. The molecule has 154 valence electrons. The molecule has 0 aliphatic rings. The summed E-state index contributed by atoms with van der Waals surface area (Å²) >= 11 is 0. The Bertz CT molecular complexity index is 1020. The molecular formula is C22H23N5O3. The molecule has 0 N–H and O–H groups in total. The second-order valence-electron chi connectivity index (χ2n) is 6.99. The summed E-state index contributed by atoms with van der Waals surface area (Å²) in [5.41, 5.74) is 1.43. The Kier molecular flexibility index (Phi) is 6.82. The largest absolute Gasteiger partial charge is 0.320 e. The van der Waals surface area contributed by atoms with Gasteiger partial charge in [0, 0.05) is 42.3 Å². The standard InChI is InChI=1S/C22H23N5O3/c1-25(2)15-6-16-26(22-20(27(29)30)9-5-12-24-22)19-8-4-3-7-18(19)21(28)17-10-13-23-14-11-17/h3-5,7-14H,6,15-16H2,1-2H3. The summed E-state index contributed by atoms with van der Waals surface area (Å²) in [6.45, 7) is 1.26. The van der Waals surface area contributed by atoms with Crippen LogP contribution in [0.1, 0.15) is 22.3 Å². The molecule has 3 aromatic rings. The van der Waals surface area contributed by atoms with E-state index in [1.54, 1.807) is 47.6 Å². The summed E-state index contributed by atoms with van der Waals surface area (Å²) in [5.74, 6) is 0.0421. The maximum atomic E-state index is 13.2. The van der Waals surface area contributed by atoms with Crippen LogP contribution in [0.25, 0.3) is 0 Å². The fraction of sp³-hybridized carbons (Fsp3) is 0.227. The highest BCUT2D eigenvalue weighted by atomic mass is 16.6. The van der Waals surface area contributed by atoms with Gasteiger partial charge in [-0.3, -0.25) is 19.9 Å². The quantitative estimate of drug-likeness (QED) is 0.304. The smallest absolute Gasteiger partial charge is 0.311 e.